The maximum absolute atomic E-state index is 11.4. The predicted molar refractivity (Wildman–Crippen MR) is 68.5 cm³/mol. The molecule has 6 heteroatoms. The first-order valence-electron chi connectivity index (χ1n) is 6.40. The molecule has 0 N–H and O–H groups in total. The zero-order chi connectivity index (χ0) is 13.7. The van der Waals surface area contributed by atoms with Gasteiger partial charge in [0.15, 0.2) is 11.5 Å². The van der Waals surface area contributed by atoms with Gasteiger partial charge >= 0.3 is 5.97 Å². The zero-order valence-electron chi connectivity index (χ0n) is 10.9. The molecule has 2 heterocycles. The second-order valence-corrected chi connectivity index (χ2v) is 4.39. The highest BCUT2D eigenvalue weighted by atomic mass is 16.5. The monoisotopic (exact) mass is 260 g/mol. The third-order valence-corrected chi connectivity index (χ3v) is 3.14. The number of piperidine rings is 1. The molecule has 0 bridgehead atoms. The van der Waals surface area contributed by atoms with Crippen molar-refractivity contribution >= 4 is 11.8 Å². The summed E-state index contributed by atoms with van der Waals surface area (Å²) in [6, 6.07) is 5.68. The number of aromatic nitrogens is 2. The minimum absolute atomic E-state index is 0.142. The standard InChI is InChI=1S/C13H16N4O2/c1-2-19-13(18)11-3-4-12(16-15-11)17-7-5-10(9-14)6-8-17/h3-4,10H,2,5-8H2,1H3. The molecule has 2 rings (SSSR count). The Balaban J connectivity index is 1.99. The van der Waals surface area contributed by atoms with Crippen molar-refractivity contribution < 1.29 is 9.53 Å². The lowest BCUT2D eigenvalue weighted by atomic mass is 9.99. The molecule has 0 aliphatic carbocycles. The number of rotatable bonds is 3. The summed E-state index contributed by atoms with van der Waals surface area (Å²) in [5.41, 5.74) is 0.220. The summed E-state index contributed by atoms with van der Waals surface area (Å²) in [5, 5.41) is 16.8. The van der Waals surface area contributed by atoms with Gasteiger partial charge in [-0.05, 0) is 31.9 Å². The molecule has 19 heavy (non-hydrogen) atoms. The van der Waals surface area contributed by atoms with Gasteiger partial charge < -0.3 is 9.64 Å². The Morgan fingerprint density at radius 3 is 2.74 bits per heavy atom. The third kappa shape index (κ3) is 3.19. The van der Waals surface area contributed by atoms with Crippen LogP contribution < -0.4 is 4.90 Å². The molecule has 0 amide bonds. The Hall–Kier alpha value is -2.16. The molecule has 1 aromatic rings. The van der Waals surface area contributed by atoms with Gasteiger partial charge in [-0.2, -0.15) is 5.26 Å². The summed E-state index contributed by atoms with van der Waals surface area (Å²) in [7, 11) is 0. The zero-order valence-corrected chi connectivity index (χ0v) is 10.9. The quantitative estimate of drug-likeness (QED) is 0.764. The van der Waals surface area contributed by atoms with Gasteiger partial charge in [-0.15, -0.1) is 10.2 Å². The minimum atomic E-state index is -0.454. The van der Waals surface area contributed by atoms with E-state index in [1.54, 1.807) is 19.1 Å². The average molecular weight is 260 g/mol. The first-order chi connectivity index (χ1) is 9.24. The third-order valence-electron chi connectivity index (χ3n) is 3.14. The van der Waals surface area contributed by atoms with Crippen molar-refractivity contribution in [2.24, 2.45) is 5.92 Å². The molecule has 1 aliphatic heterocycles. The molecule has 1 saturated heterocycles. The van der Waals surface area contributed by atoms with E-state index in [1.807, 2.05) is 0 Å². The largest absolute Gasteiger partial charge is 0.461 e. The second-order valence-electron chi connectivity index (χ2n) is 4.39. The molecule has 6 nitrogen and oxygen atoms in total. The fraction of sp³-hybridized carbons (Fsp3) is 0.538. The van der Waals surface area contributed by atoms with E-state index in [4.69, 9.17) is 10.00 Å². The lowest BCUT2D eigenvalue weighted by molar-refractivity contribution is 0.0518. The number of ether oxygens (including phenoxy) is 1. The lowest BCUT2D eigenvalue weighted by Crippen LogP contribution is -2.34. The van der Waals surface area contributed by atoms with E-state index in [0.29, 0.717) is 6.61 Å². The van der Waals surface area contributed by atoms with Crippen LogP contribution in [-0.2, 0) is 4.74 Å². The van der Waals surface area contributed by atoms with E-state index in [2.05, 4.69) is 21.2 Å². The molecule has 0 radical (unpaired) electrons. The van der Waals surface area contributed by atoms with Crippen LogP contribution in [0.5, 0.6) is 0 Å². The smallest absolute Gasteiger partial charge is 0.358 e. The topological polar surface area (TPSA) is 79.1 Å². The van der Waals surface area contributed by atoms with E-state index in [9.17, 15) is 4.79 Å². The van der Waals surface area contributed by atoms with Crippen LogP contribution >= 0.6 is 0 Å². The SMILES string of the molecule is CCOC(=O)c1ccc(N2CCC(C#N)CC2)nn1. The fourth-order valence-electron chi connectivity index (χ4n) is 2.05. The van der Waals surface area contributed by atoms with Gasteiger partial charge in [-0.1, -0.05) is 0 Å². The van der Waals surface area contributed by atoms with Crippen LogP contribution in [0.3, 0.4) is 0 Å². The number of hydrogen-bond donors (Lipinski definition) is 0. The number of hydrogen-bond acceptors (Lipinski definition) is 6. The van der Waals surface area contributed by atoms with E-state index in [0.717, 1.165) is 31.7 Å². The second kappa shape index (κ2) is 6.14. The Labute approximate surface area is 112 Å². The molecule has 0 unspecified atom stereocenters. The normalized spacial score (nSPS) is 15.9. The Morgan fingerprint density at radius 2 is 2.21 bits per heavy atom. The van der Waals surface area contributed by atoms with Crippen molar-refractivity contribution in [2.45, 2.75) is 19.8 Å². The maximum atomic E-state index is 11.4. The average Bonchev–Trinajstić information content (AvgIpc) is 2.48. The van der Waals surface area contributed by atoms with Crippen LogP contribution in [0.2, 0.25) is 0 Å². The van der Waals surface area contributed by atoms with E-state index < -0.39 is 5.97 Å². The van der Waals surface area contributed by atoms with Gasteiger partial charge in [0.2, 0.25) is 0 Å². The number of nitrogens with zero attached hydrogens (tertiary/aromatic N) is 4. The molecule has 0 aromatic carbocycles. The molecule has 1 fully saturated rings. The number of esters is 1. The molecular weight excluding hydrogens is 244 g/mol. The van der Waals surface area contributed by atoms with Crippen molar-refractivity contribution in [1.82, 2.24) is 10.2 Å². The van der Waals surface area contributed by atoms with Crippen molar-refractivity contribution in [3.05, 3.63) is 17.8 Å². The van der Waals surface area contributed by atoms with Gasteiger partial charge in [-0.3, -0.25) is 0 Å². The fourth-order valence-corrected chi connectivity index (χ4v) is 2.05. The van der Waals surface area contributed by atoms with Crippen molar-refractivity contribution in [3.8, 4) is 6.07 Å². The van der Waals surface area contributed by atoms with Crippen molar-refractivity contribution in [3.63, 3.8) is 0 Å². The molecule has 0 saturated carbocycles. The van der Waals surface area contributed by atoms with Crippen LogP contribution in [0, 0.1) is 17.2 Å². The maximum Gasteiger partial charge on any atom is 0.358 e. The molecular formula is C13H16N4O2. The van der Waals surface area contributed by atoms with Crippen LogP contribution in [0.15, 0.2) is 12.1 Å². The summed E-state index contributed by atoms with van der Waals surface area (Å²) in [4.78, 5) is 13.5. The van der Waals surface area contributed by atoms with Gasteiger partial charge in [-0.25, -0.2) is 4.79 Å². The van der Waals surface area contributed by atoms with E-state index in [1.165, 1.54) is 0 Å². The Kier molecular flexibility index (Phi) is 4.29. The summed E-state index contributed by atoms with van der Waals surface area (Å²) < 4.78 is 4.85. The highest BCUT2D eigenvalue weighted by Crippen LogP contribution is 2.20. The summed E-state index contributed by atoms with van der Waals surface area (Å²) in [5.74, 6) is 0.428. The predicted octanol–water partition coefficient (Wildman–Crippen LogP) is 1.39. The van der Waals surface area contributed by atoms with E-state index >= 15 is 0 Å². The van der Waals surface area contributed by atoms with Gasteiger partial charge in [0, 0.05) is 19.0 Å². The molecule has 1 aliphatic rings. The Morgan fingerprint density at radius 1 is 1.47 bits per heavy atom. The van der Waals surface area contributed by atoms with Crippen LogP contribution in [0.4, 0.5) is 5.82 Å². The van der Waals surface area contributed by atoms with Crippen molar-refractivity contribution in [2.75, 3.05) is 24.6 Å². The van der Waals surface area contributed by atoms with Gasteiger partial charge in [0.1, 0.15) is 0 Å². The highest BCUT2D eigenvalue weighted by molar-refractivity contribution is 5.87. The van der Waals surface area contributed by atoms with Crippen molar-refractivity contribution in [1.29, 1.82) is 5.26 Å². The number of carbonyl (C=O) groups excluding carboxylic acids is 1. The number of nitriles is 1. The van der Waals surface area contributed by atoms with Gasteiger partial charge in [0.25, 0.3) is 0 Å². The molecule has 0 spiro atoms. The summed E-state index contributed by atoms with van der Waals surface area (Å²) in [6.45, 7) is 3.67. The van der Waals surface area contributed by atoms with E-state index in [-0.39, 0.29) is 11.6 Å². The summed E-state index contributed by atoms with van der Waals surface area (Å²) >= 11 is 0. The Bertz CT molecular complexity index is 472. The highest BCUT2D eigenvalue weighted by Gasteiger charge is 2.20. The van der Waals surface area contributed by atoms with Crippen LogP contribution in [0.25, 0.3) is 0 Å². The lowest BCUT2D eigenvalue weighted by Gasteiger charge is -2.29. The van der Waals surface area contributed by atoms with Crippen LogP contribution in [-0.4, -0.2) is 35.9 Å². The van der Waals surface area contributed by atoms with Gasteiger partial charge in [0.05, 0.1) is 12.7 Å². The first-order valence-corrected chi connectivity index (χ1v) is 6.40. The summed E-state index contributed by atoms with van der Waals surface area (Å²) in [6.07, 6.45) is 1.69. The van der Waals surface area contributed by atoms with Crippen LogP contribution in [0.1, 0.15) is 30.3 Å². The minimum Gasteiger partial charge on any atom is -0.461 e. The molecule has 1 aromatic heterocycles. The first kappa shape index (κ1) is 13.3. The molecule has 0 atom stereocenters. The molecule has 100 valence electrons. The number of anilines is 1. The number of carbonyl (C=O) groups is 1.